The van der Waals surface area contributed by atoms with Crippen molar-refractivity contribution in [2.24, 2.45) is 0 Å². The molecule has 1 atom stereocenters. The molecule has 36 heavy (non-hydrogen) atoms. The second-order valence-corrected chi connectivity index (χ2v) is 9.88. The highest BCUT2D eigenvalue weighted by Crippen LogP contribution is 2.31. The van der Waals surface area contributed by atoms with Crippen molar-refractivity contribution in [2.75, 3.05) is 18.4 Å². The topological polar surface area (TPSA) is 102 Å². The predicted molar refractivity (Wildman–Crippen MR) is 135 cm³/mol. The van der Waals surface area contributed by atoms with E-state index >= 15 is 0 Å². The lowest BCUT2D eigenvalue weighted by Gasteiger charge is -2.14. The number of anilines is 1. The highest BCUT2D eigenvalue weighted by molar-refractivity contribution is 5.96. The molecule has 6 rings (SSSR count). The average molecular weight is 487 g/mol. The van der Waals surface area contributed by atoms with Crippen molar-refractivity contribution in [3.8, 4) is 22.9 Å². The maximum Gasteiger partial charge on any atom is 0.251 e. The normalized spacial score (nSPS) is 18.8. The first-order valence-electron chi connectivity index (χ1n) is 12.1. The van der Waals surface area contributed by atoms with Crippen LogP contribution in [0.4, 0.5) is 10.1 Å². The Balaban J connectivity index is 1.37. The highest BCUT2D eigenvalue weighted by atomic mass is 19.1. The van der Waals surface area contributed by atoms with Gasteiger partial charge in [-0.3, -0.25) is 4.79 Å². The predicted octanol–water partition coefficient (Wildman–Crippen LogP) is 4.30. The van der Waals surface area contributed by atoms with Gasteiger partial charge in [0.25, 0.3) is 5.91 Å². The van der Waals surface area contributed by atoms with Crippen LogP contribution in [0.25, 0.3) is 16.9 Å². The van der Waals surface area contributed by atoms with E-state index in [0.29, 0.717) is 35.4 Å². The third kappa shape index (κ3) is 4.61. The molecule has 2 fully saturated rings. The second kappa shape index (κ2) is 8.60. The summed E-state index contributed by atoms with van der Waals surface area (Å²) in [6, 6.07) is 13.7. The third-order valence-electron chi connectivity index (χ3n) is 6.59. The quantitative estimate of drug-likeness (QED) is 0.321. The molecule has 2 aromatic carbocycles. The number of nitrogens with zero attached hydrogens (tertiary/aromatic N) is 3. The SMILES string of the molecule is Cc1cc(-c2cnc3c(NCC4(C)CN4)cc(Oc4cccc(F)c4)nn23)ccc1C(=O)NC1CC1. The largest absolute Gasteiger partial charge is 0.437 e. The zero-order valence-electron chi connectivity index (χ0n) is 20.1. The Labute approximate surface area is 207 Å². The Hall–Kier alpha value is -3.98. The number of benzene rings is 2. The molecule has 4 aromatic rings. The summed E-state index contributed by atoms with van der Waals surface area (Å²) in [5.41, 5.74) is 4.61. The molecule has 1 saturated heterocycles. The van der Waals surface area contributed by atoms with Crippen molar-refractivity contribution in [1.82, 2.24) is 25.2 Å². The summed E-state index contributed by atoms with van der Waals surface area (Å²) < 4.78 is 21.4. The highest BCUT2D eigenvalue weighted by Gasteiger charge is 2.36. The smallest absolute Gasteiger partial charge is 0.251 e. The number of ether oxygens (including phenoxy) is 1. The zero-order valence-corrected chi connectivity index (χ0v) is 20.1. The van der Waals surface area contributed by atoms with Crippen molar-refractivity contribution in [2.45, 2.75) is 38.3 Å². The number of halogens is 1. The second-order valence-electron chi connectivity index (χ2n) is 9.88. The Bertz CT molecular complexity index is 1470. The molecule has 0 bridgehead atoms. The molecular formula is C27H27FN6O2. The fourth-order valence-electron chi connectivity index (χ4n) is 4.11. The molecule has 2 aliphatic rings. The van der Waals surface area contributed by atoms with Crippen molar-refractivity contribution >= 4 is 17.2 Å². The Morgan fingerprint density at radius 1 is 1.25 bits per heavy atom. The molecule has 1 saturated carbocycles. The van der Waals surface area contributed by atoms with Gasteiger partial charge in [-0.25, -0.2) is 13.9 Å². The van der Waals surface area contributed by atoms with E-state index in [9.17, 15) is 9.18 Å². The number of carbonyl (C=O) groups is 1. The van der Waals surface area contributed by atoms with E-state index in [2.05, 4.69) is 33.0 Å². The molecule has 1 aliphatic heterocycles. The lowest BCUT2D eigenvalue weighted by Crippen LogP contribution is -2.26. The van der Waals surface area contributed by atoms with Crippen LogP contribution in [-0.2, 0) is 0 Å². The van der Waals surface area contributed by atoms with Gasteiger partial charge in [-0.05, 0) is 56.5 Å². The van der Waals surface area contributed by atoms with Crippen LogP contribution in [0.5, 0.6) is 11.6 Å². The van der Waals surface area contributed by atoms with Gasteiger partial charge >= 0.3 is 0 Å². The van der Waals surface area contributed by atoms with Crippen LogP contribution in [0.2, 0.25) is 0 Å². The summed E-state index contributed by atoms with van der Waals surface area (Å²) in [6.45, 7) is 5.71. The van der Waals surface area contributed by atoms with E-state index in [4.69, 9.17) is 4.74 Å². The van der Waals surface area contributed by atoms with Gasteiger partial charge in [0.2, 0.25) is 5.88 Å². The first kappa shape index (κ1) is 22.5. The molecule has 2 aromatic heterocycles. The maximum atomic E-state index is 13.7. The van der Waals surface area contributed by atoms with Gasteiger partial charge in [0, 0.05) is 47.9 Å². The zero-order chi connectivity index (χ0) is 24.9. The number of hydrogen-bond acceptors (Lipinski definition) is 6. The van der Waals surface area contributed by atoms with Crippen molar-refractivity contribution < 1.29 is 13.9 Å². The standard InChI is InChI=1S/C27H27FN6O2/c1-16-10-17(6-9-21(16)26(35)32-19-7-8-19)23-13-29-25-22(30-14-27(2)15-31-27)12-24(33-34(23)25)36-20-5-3-4-18(28)11-20/h3-6,9-13,19,30-31H,7-8,14-15H2,1-2H3,(H,32,35). The van der Waals surface area contributed by atoms with E-state index in [-0.39, 0.29) is 17.3 Å². The minimum atomic E-state index is -0.385. The van der Waals surface area contributed by atoms with Crippen LogP contribution in [0.15, 0.2) is 54.7 Å². The van der Waals surface area contributed by atoms with Gasteiger partial charge in [-0.15, -0.1) is 5.10 Å². The Morgan fingerprint density at radius 2 is 2.08 bits per heavy atom. The summed E-state index contributed by atoms with van der Waals surface area (Å²) >= 11 is 0. The molecule has 3 N–H and O–H groups in total. The van der Waals surface area contributed by atoms with E-state index < -0.39 is 0 Å². The van der Waals surface area contributed by atoms with Gasteiger partial charge < -0.3 is 20.7 Å². The minimum absolute atomic E-state index is 0.0350. The van der Waals surface area contributed by atoms with E-state index in [1.54, 1.807) is 28.9 Å². The molecule has 1 aliphatic carbocycles. The van der Waals surface area contributed by atoms with Crippen molar-refractivity contribution in [3.63, 3.8) is 0 Å². The van der Waals surface area contributed by atoms with E-state index in [0.717, 1.165) is 41.9 Å². The molecular weight excluding hydrogens is 459 g/mol. The van der Waals surface area contributed by atoms with E-state index in [1.165, 1.54) is 12.1 Å². The van der Waals surface area contributed by atoms with Crippen LogP contribution >= 0.6 is 0 Å². The van der Waals surface area contributed by atoms with Crippen LogP contribution in [-0.4, -0.2) is 45.2 Å². The van der Waals surface area contributed by atoms with Crippen molar-refractivity contribution in [3.05, 3.63) is 71.7 Å². The summed E-state index contributed by atoms with van der Waals surface area (Å²) in [5, 5.41) is 14.5. The van der Waals surface area contributed by atoms with Crippen LogP contribution in [0, 0.1) is 12.7 Å². The fraction of sp³-hybridized carbons (Fsp3) is 0.296. The lowest BCUT2D eigenvalue weighted by molar-refractivity contribution is 0.0950. The molecule has 1 unspecified atom stereocenters. The third-order valence-corrected chi connectivity index (χ3v) is 6.59. The number of nitrogens with one attached hydrogen (secondary N) is 3. The number of imidazole rings is 1. The van der Waals surface area contributed by atoms with Gasteiger partial charge in [0.15, 0.2) is 5.65 Å². The molecule has 184 valence electrons. The summed E-state index contributed by atoms with van der Waals surface area (Å²) in [7, 11) is 0. The monoisotopic (exact) mass is 486 g/mol. The first-order valence-corrected chi connectivity index (χ1v) is 12.1. The maximum absolute atomic E-state index is 13.7. The minimum Gasteiger partial charge on any atom is -0.437 e. The number of aryl methyl sites for hydroxylation is 1. The number of fused-ring (bicyclic) bond motifs is 1. The number of rotatable bonds is 8. The van der Waals surface area contributed by atoms with Crippen molar-refractivity contribution in [1.29, 1.82) is 0 Å². The number of carbonyl (C=O) groups excluding carboxylic acids is 1. The van der Waals surface area contributed by atoms with Gasteiger partial charge in [0.1, 0.15) is 11.6 Å². The van der Waals surface area contributed by atoms with Crippen LogP contribution < -0.4 is 20.7 Å². The molecule has 8 nitrogen and oxygen atoms in total. The molecule has 0 spiro atoms. The van der Waals surface area contributed by atoms with Gasteiger partial charge in [0.05, 0.1) is 17.6 Å². The summed E-state index contributed by atoms with van der Waals surface area (Å²) in [4.78, 5) is 17.2. The Kier molecular flexibility index (Phi) is 5.37. The lowest BCUT2D eigenvalue weighted by atomic mass is 10.0. The number of aromatic nitrogens is 3. The first-order chi connectivity index (χ1) is 17.4. The summed E-state index contributed by atoms with van der Waals surface area (Å²) in [5.74, 6) is 0.231. The van der Waals surface area contributed by atoms with Crippen LogP contribution in [0.3, 0.4) is 0 Å². The number of hydrogen-bond donors (Lipinski definition) is 3. The van der Waals surface area contributed by atoms with Gasteiger partial charge in [-0.1, -0.05) is 12.1 Å². The van der Waals surface area contributed by atoms with E-state index in [1.807, 2.05) is 25.1 Å². The fourth-order valence-corrected chi connectivity index (χ4v) is 4.11. The molecule has 3 heterocycles. The van der Waals surface area contributed by atoms with Crippen LogP contribution in [0.1, 0.15) is 35.7 Å². The summed E-state index contributed by atoms with van der Waals surface area (Å²) in [6.07, 6.45) is 3.85. The molecule has 9 heteroatoms. The molecule has 1 amide bonds. The Morgan fingerprint density at radius 3 is 2.81 bits per heavy atom. The van der Waals surface area contributed by atoms with Gasteiger partial charge in [-0.2, -0.15) is 0 Å². The average Bonchev–Trinajstić information content (AvgIpc) is 3.76. The number of amides is 1. The molecule has 0 radical (unpaired) electrons.